The summed E-state index contributed by atoms with van der Waals surface area (Å²) in [5, 5.41) is 6.13. The highest BCUT2D eigenvalue weighted by molar-refractivity contribution is 9.10. The van der Waals surface area contributed by atoms with Gasteiger partial charge in [0.1, 0.15) is 5.15 Å². The minimum atomic E-state index is 0.0503. The van der Waals surface area contributed by atoms with Crippen LogP contribution in [0.25, 0.3) is 10.9 Å². The van der Waals surface area contributed by atoms with E-state index in [4.69, 9.17) is 11.6 Å². The molecule has 0 spiro atoms. The molecular formula is C19H15BrClN3. The minimum absolute atomic E-state index is 0.0503. The molecule has 3 aromatic rings. The summed E-state index contributed by atoms with van der Waals surface area (Å²) in [6.45, 7) is 2.06. The molecule has 3 nitrogen and oxygen atoms in total. The summed E-state index contributed by atoms with van der Waals surface area (Å²) in [7, 11) is 0. The molecule has 2 heterocycles. The summed E-state index contributed by atoms with van der Waals surface area (Å²) < 4.78 is 1.06. The van der Waals surface area contributed by atoms with Gasteiger partial charge in [-0.25, -0.2) is 4.98 Å². The van der Waals surface area contributed by atoms with Crippen molar-refractivity contribution in [2.75, 3.05) is 0 Å². The molecule has 0 bridgehead atoms. The fourth-order valence-corrected chi connectivity index (χ4v) is 3.50. The number of benzene rings is 2. The van der Waals surface area contributed by atoms with E-state index in [0.717, 1.165) is 38.6 Å². The maximum atomic E-state index is 6.44. The predicted molar refractivity (Wildman–Crippen MR) is 103 cm³/mol. The molecule has 1 aromatic heterocycles. The summed E-state index contributed by atoms with van der Waals surface area (Å²) in [6, 6.07) is 16.6. The van der Waals surface area contributed by atoms with Gasteiger partial charge in [-0.15, -0.1) is 0 Å². The third-order valence-electron chi connectivity index (χ3n) is 4.26. The Morgan fingerprint density at radius 2 is 1.92 bits per heavy atom. The lowest BCUT2D eigenvalue weighted by Gasteiger charge is -2.13. The van der Waals surface area contributed by atoms with Crippen molar-refractivity contribution in [1.82, 2.24) is 10.4 Å². The number of pyridine rings is 1. The zero-order valence-corrected chi connectivity index (χ0v) is 15.4. The Morgan fingerprint density at radius 1 is 1.12 bits per heavy atom. The van der Waals surface area contributed by atoms with E-state index in [9.17, 15) is 0 Å². The lowest BCUT2D eigenvalue weighted by Crippen LogP contribution is -2.11. The zero-order valence-electron chi connectivity index (χ0n) is 13.1. The van der Waals surface area contributed by atoms with Crippen molar-refractivity contribution in [1.29, 1.82) is 0 Å². The quantitative estimate of drug-likeness (QED) is 0.585. The number of nitrogens with zero attached hydrogens (tertiary/aromatic N) is 2. The largest absolute Gasteiger partial charge is 0.302 e. The van der Waals surface area contributed by atoms with E-state index in [1.54, 1.807) is 0 Å². The molecule has 0 amide bonds. The zero-order chi connectivity index (χ0) is 16.7. The highest BCUT2D eigenvalue weighted by Crippen LogP contribution is 2.31. The van der Waals surface area contributed by atoms with Gasteiger partial charge in [0.15, 0.2) is 0 Å². The van der Waals surface area contributed by atoms with Crippen molar-refractivity contribution in [3.63, 3.8) is 0 Å². The van der Waals surface area contributed by atoms with Crippen molar-refractivity contribution in [2.45, 2.75) is 19.4 Å². The van der Waals surface area contributed by atoms with E-state index >= 15 is 0 Å². The second-order valence-corrected chi connectivity index (χ2v) is 7.29. The van der Waals surface area contributed by atoms with E-state index in [0.29, 0.717) is 5.15 Å². The highest BCUT2D eigenvalue weighted by Gasteiger charge is 2.24. The number of nitrogens with one attached hydrogen (secondary N) is 1. The Morgan fingerprint density at radius 3 is 2.71 bits per heavy atom. The third kappa shape index (κ3) is 2.92. The fourth-order valence-electron chi connectivity index (χ4n) is 2.96. The van der Waals surface area contributed by atoms with Gasteiger partial charge in [0.05, 0.1) is 17.3 Å². The molecular weight excluding hydrogens is 386 g/mol. The highest BCUT2D eigenvalue weighted by atomic mass is 79.9. The normalized spacial score (nSPS) is 17.0. The van der Waals surface area contributed by atoms with Gasteiger partial charge in [-0.05, 0) is 42.3 Å². The van der Waals surface area contributed by atoms with Crippen LogP contribution >= 0.6 is 27.5 Å². The van der Waals surface area contributed by atoms with E-state index in [2.05, 4.69) is 74.8 Å². The molecule has 0 saturated heterocycles. The lowest BCUT2D eigenvalue weighted by molar-refractivity contribution is 0.619. The van der Waals surface area contributed by atoms with Gasteiger partial charge in [0, 0.05) is 21.8 Å². The Labute approximate surface area is 153 Å². The third-order valence-corrected chi connectivity index (χ3v) is 5.09. The molecule has 0 fully saturated rings. The van der Waals surface area contributed by atoms with Crippen LogP contribution in [0.4, 0.5) is 0 Å². The van der Waals surface area contributed by atoms with Crippen molar-refractivity contribution >= 4 is 44.1 Å². The lowest BCUT2D eigenvalue weighted by atomic mass is 9.99. The number of aromatic nitrogens is 1. The van der Waals surface area contributed by atoms with Crippen molar-refractivity contribution in [3.05, 3.63) is 74.8 Å². The number of halogens is 2. The van der Waals surface area contributed by atoms with Crippen LogP contribution in [0.1, 0.15) is 29.2 Å². The average molecular weight is 401 g/mol. The van der Waals surface area contributed by atoms with Crippen LogP contribution in [0.5, 0.6) is 0 Å². The molecule has 0 aliphatic carbocycles. The van der Waals surface area contributed by atoms with E-state index in [1.165, 1.54) is 5.56 Å². The summed E-state index contributed by atoms with van der Waals surface area (Å²) in [6.07, 6.45) is 0.792. The van der Waals surface area contributed by atoms with Crippen molar-refractivity contribution in [2.24, 2.45) is 5.10 Å². The Kier molecular flexibility index (Phi) is 4.02. The first-order chi connectivity index (χ1) is 11.6. The molecule has 2 aromatic carbocycles. The summed E-state index contributed by atoms with van der Waals surface area (Å²) >= 11 is 9.90. The van der Waals surface area contributed by atoms with Crippen LogP contribution in [0, 0.1) is 6.92 Å². The van der Waals surface area contributed by atoms with Crippen molar-refractivity contribution in [3.8, 4) is 0 Å². The van der Waals surface area contributed by atoms with Gasteiger partial charge in [-0.2, -0.15) is 5.10 Å². The van der Waals surface area contributed by atoms with Crippen LogP contribution in [0.3, 0.4) is 0 Å². The van der Waals surface area contributed by atoms with Crippen LogP contribution in [-0.4, -0.2) is 10.7 Å². The molecule has 0 radical (unpaired) electrons. The van der Waals surface area contributed by atoms with Crippen LogP contribution < -0.4 is 5.43 Å². The molecule has 0 saturated carbocycles. The van der Waals surface area contributed by atoms with Crippen LogP contribution in [0.2, 0.25) is 5.15 Å². The van der Waals surface area contributed by atoms with Gasteiger partial charge in [-0.1, -0.05) is 51.8 Å². The number of hydrazone groups is 1. The molecule has 24 heavy (non-hydrogen) atoms. The Hall–Kier alpha value is -1.91. The molecule has 4 rings (SSSR count). The molecule has 1 aliphatic heterocycles. The predicted octanol–water partition coefficient (Wildman–Crippen LogP) is 5.40. The number of rotatable bonds is 2. The van der Waals surface area contributed by atoms with Gasteiger partial charge < -0.3 is 5.43 Å². The van der Waals surface area contributed by atoms with E-state index in [-0.39, 0.29) is 6.04 Å². The smallest absolute Gasteiger partial charge is 0.135 e. The number of hydrogen-bond acceptors (Lipinski definition) is 3. The summed E-state index contributed by atoms with van der Waals surface area (Å²) in [4.78, 5) is 4.56. The molecule has 0 unspecified atom stereocenters. The van der Waals surface area contributed by atoms with E-state index < -0.39 is 0 Å². The molecule has 1 N–H and O–H groups in total. The summed E-state index contributed by atoms with van der Waals surface area (Å²) in [5.74, 6) is 0. The number of aryl methyl sites for hydroxylation is 1. The second kappa shape index (κ2) is 6.19. The Balaban J connectivity index is 1.64. The molecule has 120 valence electrons. The maximum absolute atomic E-state index is 6.44. The molecule has 1 atom stereocenters. The fraction of sp³-hybridized carbons (Fsp3) is 0.158. The average Bonchev–Trinajstić information content (AvgIpc) is 3.04. The number of hydrogen-bond donors (Lipinski definition) is 1. The topological polar surface area (TPSA) is 37.3 Å². The molecule has 1 aliphatic rings. The first-order valence-corrected chi connectivity index (χ1v) is 8.92. The maximum Gasteiger partial charge on any atom is 0.135 e. The second-order valence-electron chi connectivity index (χ2n) is 6.02. The van der Waals surface area contributed by atoms with Crippen LogP contribution in [0.15, 0.2) is 58.1 Å². The van der Waals surface area contributed by atoms with Gasteiger partial charge in [0.25, 0.3) is 0 Å². The SMILES string of the molecule is Cc1ccc2cc([C@H]3CC(c4ccc(Br)cc4)=NN3)c(Cl)nc2c1. The minimum Gasteiger partial charge on any atom is -0.302 e. The first kappa shape index (κ1) is 15.6. The van der Waals surface area contributed by atoms with Gasteiger partial charge in [0.2, 0.25) is 0 Å². The summed E-state index contributed by atoms with van der Waals surface area (Å²) in [5.41, 5.74) is 8.45. The van der Waals surface area contributed by atoms with Gasteiger partial charge >= 0.3 is 0 Å². The first-order valence-electron chi connectivity index (χ1n) is 7.75. The Bertz CT molecular complexity index is 951. The monoisotopic (exact) mass is 399 g/mol. The standard InChI is InChI=1S/C19H15BrClN3/c1-11-2-3-13-9-15(19(21)22-16(13)8-11)18-10-17(23-24-18)12-4-6-14(20)7-5-12/h2-9,18,24H,10H2,1H3/t18-/m1/s1. The van der Waals surface area contributed by atoms with E-state index in [1.807, 2.05) is 12.1 Å². The van der Waals surface area contributed by atoms with Crippen molar-refractivity contribution < 1.29 is 0 Å². The van der Waals surface area contributed by atoms with Crippen LogP contribution in [-0.2, 0) is 0 Å². The van der Waals surface area contributed by atoms with Gasteiger partial charge in [-0.3, -0.25) is 0 Å². The molecule has 5 heteroatoms. The number of fused-ring (bicyclic) bond motifs is 1.